The molecule has 0 fully saturated rings. The van der Waals surface area contributed by atoms with Crippen LogP contribution in [0.5, 0.6) is 11.5 Å². The second-order valence-corrected chi connectivity index (χ2v) is 6.60. The number of hydrogen-bond acceptors (Lipinski definition) is 7. The molecule has 2 aromatic carbocycles. The van der Waals surface area contributed by atoms with Gasteiger partial charge in [0.1, 0.15) is 17.2 Å². The zero-order valence-corrected chi connectivity index (χ0v) is 16.7. The largest absolute Gasteiger partial charge is 0.457 e. The van der Waals surface area contributed by atoms with E-state index in [1.807, 2.05) is 0 Å². The Morgan fingerprint density at radius 3 is 2.53 bits per heavy atom. The summed E-state index contributed by atoms with van der Waals surface area (Å²) in [5.74, 6) is 0.138. The number of rotatable bonds is 6. The first kappa shape index (κ1) is 20.5. The van der Waals surface area contributed by atoms with Crippen LogP contribution < -0.4 is 15.4 Å². The fourth-order valence-electron chi connectivity index (χ4n) is 2.95. The molecule has 0 atom stereocenters. The molecule has 2 amide bonds. The van der Waals surface area contributed by atoms with E-state index < -0.39 is 10.8 Å². The Labute approximate surface area is 180 Å². The Morgan fingerprint density at radius 1 is 1.03 bits per heavy atom. The highest BCUT2D eigenvalue weighted by Gasteiger charge is 2.17. The zero-order valence-electron chi connectivity index (χ0n) is 16.7. The van der Waals surface area contributed by atoms with Crippen LogP contribution in [0.4, 0.5) is 11.4 Å². The van der Waals surface area contributed by atoms with Gasteiger partial charge < -0.3 is 15.4 Å². The Morgan fingerprint density at radius 2 is 1.81 bits per heavy atom. The number of nitrogens with zero attached hydrogens (tertiary/aromatic N) is 3. The van der Waals surface area contributed by atoms with Crippen molar-refractivity contribution >= 4 is 34.1 Å². The lowest BCUT2D eigenvalue weighted by Gasteiger charge is -2.08. The molecule has 2 aromatic heterocycles. The number of nitro groups is 1. The van der Waals surface area contributed by atoms with Gasteiger partial charge in [-0.25, -0.2) is 0 Å². The third-order valence-electron chi connectivity index (χ3n) is 4.51. The van der Waals surface area contributed by atoms with Crippen LogP contribution in [0.15, 0.2) is 60.8 Å². The quantitative estimate of drug-likeness (QED) is 0.312. The molecule has 0 bridgehead atoms. The van der Waals surface area contributed by atoms with Gasteiger partial charge in [0.2, 0.25) is 0 Å². The second-order valence-electron chi connectivity index (χ2n) is 6.60. The predicted octanol–water partition coefficient (Wildman–Crippen LogP) is 3.27. The van der Waals surface area contributed by atoms with Crippen molar-refractivity contribution in [2.45, 2.75) is 0 Å². The van der Waals surface area contributed by atoms with E-state index in [0.717, 1.165) is 0 Å². The molecule has 0 aliphatic rings. The van der Waals surface area contributed by atoms with Gasteiger partial charge in [-0.3, -0.25) is 29.8 Å². The van der Waals surface area contributed by atoms with Gasteiger partial charge in [0.15, 0.2) is 5.69 Å². The van der Waals surface area contributed by atoms with Gasteiger partial charge in [0.05, 0.1) is 10.4 Å². The van der Waals surface area contributed by atoms with Gasteiger partial charge in [-0.15, -0.1) is 0 Å². The summed E-state index contributed by atoms with van der Waals surface area (Å²) in [5, 5.41) is 23.2. The number of non-ortho nitro benzene ring substituents is 1. The number of anilines is 1. The summed E-state index contributed by atoms with van der Waals surface area (Å²) in [6, 6.07) is 13.8. The lowest BCUT2D eigenvalue weighted by atomic mass is 10.2. The number of carbonyl (C=O) groups is 2. The van der Waals surface area contributed by atoms with E-state index in [1.165, 1.54) is 37.5 Å². The number of hydrogen-bond donors (Lipinski definition) is 3. The van der Waals surface area contributed by atoms with Crippen LogP contribution >= 0.6 is 0 Å². The van der Waals surface area contributed by atoms with Crippen LogP contribution in [0.1, 0.15) is 21.0 Å². The number of aromatic nitrogens is 3. The number of ether oxygens (including phenoxy) is 1. The van der Waals surface area contributed by atoms with Crippen LogP contribution in [0.25, 0.3) is 10.9 Å². The average molecular weight is 432 g/mol. The number of nitrogens with one attached hydrogen (secondary N) is 3. The predicted molar refractivity (Wildman–Crippen MR) is 115 cm³/mol. The SMILES string of the molecule is CNC(=O)c1cc(Oc2ccc(NC(=O)c3n[nH]c4cc([N+](=O)[O-])ccc34)cc2)ccn1. The summed E-state index contributed by atoms with van der Waals surface area (Å²) >= 11 is 0. The molecule has 4 aromatic rings. The van der Waals surface area contributed by atoms with Crippen LogP contribution in [0.3, 0.4) is 0 Å². The average Bonchev–Trinajstić information content (AvgIpc) is 3.23. The van der Waals surface area contributed by atoms with Gasteiger partial charge >= 0.3 is 0 Å². The molecule has 11 nitrogen and oxygen atoms in total. The molecule has 0 unspecified atom stereocenters. The minimum absolute atomic E-state index is 0.0969. The third-order valence-corrected chi connectivity index (χ3v) is 4.51. The lowest BCUT2D eigenvalue weighted by molar-refractivity contribution is -0.384. The maximum atomic E-state index is 12.6. The molecular formula is C21H16N6O5. The van der Waals surface area contributed by atoms with Crippen molar-refractivity contribution in [2.24, 2.45) is 0 Å². The summed E-state index contributed by atoms with van der Waals surface area (Å²) in [5.41, 5.74) is 1.14. The molecule has 3 N–H and O–H groups in total. The molecule has 4 rings (SSSR count). The third kappa shape index (κ3) is 4.21. The molecule has 0 saturated carbocycles. The first-order chi connectivity index (χ1) is 15.4. The van der Waals surface area contributed by atoms with Crippen molar-refractivity contribution in [3.05, 3.63) is 82.3 Å². The van der Waals surface area contributed by atoms with E-state index in [0.29, 0.717) is 28.1 Å². The molecule has 2 heterocycles. The molecule has 32 heavy (non-hydrogen) atoms. The number of H-pyrrole nitrogens is 1. The van der Waals surface area contributed by atoms with Crippen LogP contribution in [0, 0.1) is 10.1 Å². The minimum atomic E-state index is -0.519. The monoisotopic (exact) mass is 432 g/mol. The van der Waals surface area contributed by atoms with Gasteiger partial charge in [-0.2, -0.15) is 5.10 Å². The molecule has 0 saturated heterocycles. The fourth-order valence-corrected chi connectivity index (χ4v) is 2.95. The second kappa shape index (κ2) is 8.52. The molecule has 11 heteroatoms. The lowest BCUT2D eigenvalue weighted by Crippen LogP contribution is -2.18. The van der Waals surface area contributed by atoms with Crippen molar-refractivity contribution in [1.82, 2.24) is 20.5 Å². The van der Waals surface area contributed by atoms with E-state index in [1.54, 1.807) is 30.3 Å². The van der Waals surface area contributed by atoms with E-state index >= 15 is 0 Å². The summed E-state index contributed by atoms with van der Waals surface area (Å²) in [4.78, 5) is 38.6. The van der Waals surface area contributed by atoms with Gasteiger partial charge in [0, 0.05) is 42.5 Å². The number of nitro benzene ring substituents is 1. The van der Waals surface area contributed by atoms with Crippen molar-refractivity contribution in [1.29, 1.82) is 0 Å². The van der Waals surface area contributed by atoms with E-state index in [-0.39, 0.29) is 23.0 Å². The smallest absolute Gasteiger partial charge is 0.276 e. The summed E-state index contributed by atoms with van der Waals surface area (Å²) in [6.45, 7) is 0. The van der Waals surface area contributed by atoms with Crippen molar-refractivity contribution in [3.63, 3.8) is 0 Å². The molecule has 0 aliphatic heterocycles. The Hall–Kier alpha value is -4.80. The fraction of sp³-hybridized carbons (Fsp3) is 0.0476. The topological polar surface area (TPSA) is 152 Å². The van der Waals surface area contributed by atoms with Gasteiger partial charge in [0.25, 0.3) is 17.5 Å². The van der Waals surface area contributed by atoms with Gasteiger partial charge in [-0.05, 0) is 36.4 Å². The maximum absolute atomic E-state index is 12.6. The molecule has 0 aliphatic carbocycles. The summed E-state index contributed by atoms with van der Waals surface area (Å²) < 4.78 is 5.73. The number of carbonyl (C=O) groups excluding carboxylic acids is 2. The van der Waals surface area contributed by atoms with Crippen molar-refractivity contribution < 1.29 is 19.2 Å². The highest BCUT2D eigenvalue weighted by atomic mass is 16.6. The van der Waals surface area contributed by atoms with Crippen LogP contribution in [0.2, 0.25) is 0 Å². The highest BCUT2D eigenvalue weighted by Crippen LogP contribution is 2.25. The number of benzene rings is 2. The standard InChI is InChI=1S/C21H16N6O5/c1-22-20(28)18-11-15(8-9-23-18)32-14-5-2-12(3-6-14)24-21(29)19-16-7-4-13(27(30)31)10-17(16)25-26-19/h2-11H,1H3,(H,22,28)(H,24,29)(H,25,26). The maximum Gasteiger partial charge on any atom is 0.276 e. The highest BCUT2D eigenvalue weighted by molar-refractivity contribution is 6.11. The Bertz CT molecular complexity index is 1330. The Balaban J connectivity index is 1.46. The summed E-state index contributed by atoms with van der Waals surface area (Å²) in [7, 11) is 1.51. The number of pyridine rings is 1. The van der Waals surface area contributed by atoms with E-state index in [9.17, 15) is 19.7 Å². The molecule has 0 radical (unpaired) electrons. The number of amides is 2. The van der Waals surface area contributed by atoms with Crippen molar-refractivity contribution in [2.75, 3.05) is 12.4 Å². The minimum Gasteiger partial charge on any atom is -0.457 e. The van der Waals surface area contributed by atoms with Crippen LogP contribution in [-0.2, 0) is 0 Å². The molecule has 160 valence electrons. The number of fused-ring (bicyclic) bond motifs is 1. The number of aromatic amines is 1. The first-order valence-electron chi connectivity index (χ1n) is 9.34. The summed E-state index contributed by atoms with van der Waals surface area (Å²) in [6.07, 6.45) is 1.47. The molecular weight excluding hydrogens is 416 g/mol. The normalized spacial score (nSPS) is 10.5. The van der Waals surface area contributed by atoms with Crippen LogP contribution in [-0.4, -0.2) is 39.0 Å². The van der Waals surface area contributed by atoms with E-state index in [2.05, 4.69) is 25.8 Å². The van der Waals surface area contributed by atoms with Gasteiger partial charge in [-0.1, -0.05) is 0 Å². The van der Waals surface area contributed by atoms with Crippen molar-refractivity contribution in [3.8, 4) is 11.5 Å². The zero-order chi connectivity index (χ0) is 22.7. The Kier molecular flexibility index (Phi) is 5.45. The molecule has 0 spiro atoms. The first-order valence-corrected chi connectivity index (χ1v) is 9.34. The van der Waals surface area contributed by atoms with E-state index in [4.69, 9.17) is 4.74 Å².